The summed E-state index contributed by atoms with van der Waals surface area (Å²) in [5.41, 5.74) is 0.851. The molecule has 1 rings (SSSR count). The van der Waals surface area contributed by atoms with Crippen molar-refractivity contribution in [3.63, 3.8) is 0 Å². The van der Waals surface area contributed by atoms with E-state index >= 15 is 0 Å². The van der Waals surface area contributed by atoms with E-state index in [1.165, 1.54) is 6.08 Å². The fourth-order valence-corrected chi connectivity index (χ4v) is 1.88. The van der Waals surface area contributed by atoms with Crippen LogP contribution in [0.3, 0.4) is 0 Å². The molecule has 0 bridgehead atoms. The number of nitrogens with zero attached hydrogens (tertiary/aromatic N) is 1. The van der Waals surface area contributed by atoms with E-state index in [1.54, 1.807) is 18.1 Å². The third-order valence-corrected chi connectivity index (χ3v) is 2.97. The summed E-state index contributed by atoms with van der Waals surface area (Å²) in [7, 11) is 1.58. The Morgan fingerprint density at radius 2 is 2.10 bits per heavy atom. The molecule has 0 spiro atoms. The minimum Gasteiger partial charge on any atom is -0.493 e. The topological polar surface area (TPSA) is 59.0 Å². The zero-order valence-electron chi connectivity index (χ0n) is 12.8. The molecule has 0 saturated heterocycles. The highest BCUT2D eigenvalue weighted by molar-refractivity contribution is 5.91. The van der Waals surface area contributed by atoms with Gasteiger partial charge in [-0.2, -0.15) is 0 Å². The molecule has 116 valence electrons. The summed E-state index contributed by atoms with van der Waals surface area (Å²) in [5.74, 6) is 1.19. The predicted octanol–water partition coefficient (Wildman–Crippen LogP) is 1.95. The number of likely N-dealkylation sites (N-methyl/N-ethyl adjacent to an activating group) is 1. The van der Waals surface area contributed by atoms with E-state index < -0.39 is 0 Å². The lowest BCUT2D eigenvalue weighted by molar-refractivity contribution is -0.126. The van der Waals surface area contributed by atoms with Gasteiger partial charge in [-0.3, -0.25) is 4.79 Å². The highest BCUT2D eigenvalue weighted by Gasteiger charge is 2.07. The number of aliphatic hydroxyl groups excluding tert-OH is 1. The number of hydrogen-bond donors (Lipinski definition) is 1. The Morgan fingerprint density at radius 3 is 2.67 bits per heavy atom. The molecule has 1 N–H and O–H groups in total. The summed E-state index contributed by atoms with van der Waals surface area (Å²) in [6, 6.07) is 5.49. The monoisotopic (exact) mass is 293 g/mol. The minimum absolute atomic E-state index is 0.0374. The highest BCUT2D eigenvalue weighted by atomic mass is 16.5. The van der Waals surface area contributed by atoms with Gasteiger partial charge in [0.25, 0.3) is 0 Å². The van der Waals surface area contributed by atoms with Crippen LogP contribution in [0.4, 0.5) is 0 Å². The van der Waals surface area contributed by atoms with Crippen molar-refractivity contribution in [3.05, 3.63) is 29.8 Å². The van der Waals surface area contributed by atoms with Gasteiger partial charge >= 0.3 is 0 Å². The molecule has 0 saturated carbocycles. The lowest BCUT2D eigenvalue weighted by atomic mass is 10.2. The average Bonchev–Trinajstić information content (AvgIpc) is 2.51. The molecule has 0 aliphatic heterocycles. The summed E-state index contributed by atoms with van der Waals surface area (Å²) in [5, 5.41) is 8.90. The maximum absolute atomic E-state index is 11.9. The van der Waals surface area contributed by atoms with Gasteiger partial charge in [-0.25, -0.2) is 0 Å². The molecule has 0 aliphatic rings. The lowest BCUT2D eigenvalue weighted by Crippen LogP contribution is -2.31. The van der Waals surface area contributed by atoms with E-state index in [-0.39, 0.29) is 12.5 Å². The Bertz CT molecular complexity index is 485. The smallest absolute Gasteiger partial charge is 0.246 e. The second-order valence-electron chi connectivity index (χ2n) is 4.32. The van der Waals surface area contributed by atoms with E-state index in [4.69, 9.17) is 14.6 Å². The molecule has 21 heavy (non-hydrogen) atoms. The molecule has 0 unspecified atom stereocenters. The number of benzene rings is 1. The van der Waals surface area contributed by atoms with Gasteiger partial charge in [-0.05, 0) is 37.6 Å². The molecule has 5 heteroatoms. The predicted molar refractivity (Wildman–Crippen MR) is 82.5 cm³/mol. The van der Waals surface area contributed by atoms with Crippen molar-refractivity contribution in [3.8, 4) is 11.5 Å². The van der Waals surface area contributed by atoms with Crippen molar-refractivity contribution in [1.82, 2.24) is 4.90 Å². The number of hydrogen-bond acceptors (Lipinski definition) is 4. The summed E-state index contributed by atoms with van der Waals surface area (Å²) in [4.78, 5) is 13.5. The number of methoxy groups -OCH3 is 1. The maximum Gasteiger partial charge on any atom is 0.246 e. The summed E-state index contributed by atoms with van der Waals surface area (Å²) < 4.78 is 10.7. The van der Waals surface area contributed by atoms with Crippen LogP contribution in [0.25, 0.3) is 6.08 Å². The molecule has 0 aromatic heterocycles. The molecule has 1 aromatic rings. The second kappa shape index (κ2) is 9.02. The largest absolute Gasteiger partial charge is 0.493 e. The van der Waals surface area contributed by atoms with Gasteiger partial charge in [0.1, 0.15) is 0 Å². The van der Waals surface area contributed by atoms with Crippen LogP contribution >= 0.6 is 0 Å². The highest BCUT2D eigenvalue weighted by Crippen LogP contribution is 2.28. The first-order valence-corrected chi connectivity index (χ1v) is 7.04. The SMILES string of the molecule is CCOc1ccc(/C=C/C(=O)N(CC)CCO)cc1OC. The molecule has 1 aromatic carbocycles. The van der Waals surface area contributed by atoms with Gasteiger partial charge in [0.15, 0.2) is 11.5 Å². The van der Waals surface area contributed by atoms with Gasteiger partial charge in [0.05, 0.1) is 20.3 Å². The maximum atomic E-state index is 11.9. The number of rotatable bonds is 8. The number of ether oxygens (including phenoxy) is 2. The van der Waals surface area contributed by atoms with Crippen molar-refractivity contribution in [2.24, 2.45) is 0 Å². The first-order chi connectivity index (χ1) is 10.2. The lowest BCUT2D eigenvalue weighted by Gasteiger charge is -2.17. The third kappa shape index (κ3) is 5.11. The third-order valence-electron chi connectivity index (χ3n) is 2.97. The van der Waals surface area contributed by atoms with Gasteiger partial charge in [-0.15, -0.1) is 0 Å². The van der Waals surface area contributed by atoms with Crippen LogP contribution < -0.4 is 9.47 Å². The summed E-state index contributed by atoms with van der Waals surface area (Å²) in [6.45, 7) is 5.22. The standard InChI is InChI=1S/C16H23NO4/c1-4-17(10-11-18)16(19)9-7-13-6-8-14(21-5-2)15(12-13)20-3/h6-9,12,18H,4-5,10-11H2,1-3H3/b9-7+. The molecular weight excluding hydrogens is 270 g/mol. The van der Waals surface area contributed by atoms with E-state index in [0.29, 0.717) is 31.2 Å². The van der Waals surface area contributed by atoms with Crippen LogP contribution in [0.5, 0.6) is 11.5 Å². The summed E-state index contributed by atoms with van der Waals surface area (Å²) in [6.07, 6.45) is 3.22. The van der Waals surface area contributed by atoms with E-state index in [2.05, 4.69) is 0 Å². The van der Waals surface area contributed by atoms with Crippen molar-refractivity contribution in [1.29, 1.82) is 0 Å². The first kappa shape index (κ1) is 17.0. The van der Waals surface area contributed by atoms with Crippen LogP contribution in [-0.2, 0) is 4.79 Å². The molecule has 0 heterocycles. The van der Waals surface area contributed by atoms with Crippen molar-refractivity contribution in [2.75, 3.05) is 33.4 Å². The van der Waals surface area contributed by atoms with Gasteiger partial charge in [0, 0.05) is 19.2 Å². The molecule has 0 radical (unpaired) electrons. The second-order valence-corrected chi connectivity index (χ2v) is 4.32. The Balaban J connectivity index is 2.82. The Labute approximate surface area is 125 Å². The Kier molecular flexibility index (Phi) is 7.32. The van der Waals surface area contributed by atoms with Crippen LogP contribution in [-0.4, -0.2) is 49.3 Å². The average molecular weight is 293 g/mol. The van der Waals surface area contributed by atoms with E-state index in [0.717, 1.165) is 5.56 Å². The number of carbonyl (C=O) groups excluding carboxylic acids is 1. The molecule has 0 atom stereocenters. The van der Waals surface area contributed by atoms with Crippen LogP contribution in [0.2, 0.25) is 0 Å². The molecular formula is C16H23NO4. The zero-order chi connectivity index (χ0) is 15.7. The Morgan fingerprint density at radius 1 is 1.33 bits per heavy atom. The minimum atomic E-state index is -0.126. The molecule has 1 amide bonds. The van der Waals surface area contributed by atoms with Crippen LogP contribution in [0.15, 0.2) is 24.3 Å². The van der Waals surface area contributed by atoms with Crippen LogP contribution in [0, 0.1) is 0 Å². The van der Waals surface area contributed by atoms with E-state index in [9.17, 15) is 4.79 Å². The fraction of sp³-hybridized carbons (Fsp3) is 0.438. The van der Waals surface area contributed by atoms with Crippen molar-refractivity contribution < 1.29 is 19.4 Å². The number of carbonyl (C=O) groups is 1. The van der Waals surface area contributed by atoms with E-state index in [1.807, 2.05) is 32.0 Å². The van der Waals surface area contributed by atoms with Gasteiger partial charge in [-0.1, -0.05) is 6.07 Å². The summed E-state index contributed by atoms with van der Waals surface area (Å²) >= 11 is 0. The molecule has 0 fully saturated rings. The van der Waals surface area contributed by atoms with Gasteiger partial charge < -0.3 is 19.5 Å². The zero-order valence-corrected chi connectivity index (χ0v) is 12.8. The number of aliphatic hydroxyl groups is 1. The normalized spacial score (nSPS) is 10.7. The van der Waals surface area contributed by atoms with Crippen molar-refractivity contribution >= 4 is 12.0 Å². The fourth-order valence-electron chi connectivity index (χ4n) is 1.88. The first-order valence-electron chi connectivity index (χ1n) is 7.04. The van der Waals surface area contributed by atoms with Gasteiger partial charge in [0.2, 0.25) is 5.91 Å². The molecule has 0 aliphatic carbocycles. The Hall–Kier alpha value is -2.01. The quantitative estimate of drug-likeness (QED) is 0.744. The van der Waals surface area contributed by atoms with Crippen molar-refractivity contribution in [2.45, 2.75) is 13.8 Å². The number of amides is 1. The van der Waals surface area contributed by atoms with Crippen LogP contribution in [0.1, 0.15) is 19.4 Å². The molecule has 5 nitrogen and oxygen atoms in total.